The topological polar surface area (TPSA) is 97.8 Å². The lowest BCUT2D eigenvalue weighted by Gasteiger charge is -2.33. The number of Topliss-reactive ketones (excluding diaryl/α,β-unsaturated/α-hetero) is 1. The van der Waals surface area contributed by atoms with Crippen LogP contribution >= 0.6 is 49.6 Å². The molecule has 12 heteroatoms. The van der Waals surface area contributed by atoms with E-state index in [1.165, 1.54) is 24.0 Å². The van der Waals surface area contributed by atoms with Gasteiger partial charge in [-0.25, -0.2) is 0 Å². The van der Waals surface area contributed by atoms with E-state index in [1.807, 2.05) is 36.4 Å². The lowest BCUT2D eigenvalue weighted by molar-refractivity contribution is -0.142. The van der Waals surface area contributed by atoms with Crippen LogP contribution < -0.4 is 18.9 Å². The summed E-state index contributed by atoms with van der Waals surface area (Å²) in [6.07, 6.45) is 7.54. The number of methoxy groups -OCH3 is 4. The number of carboxylic acid groups (broad SMARTS) is 1. The maximum Gasteiger partial charge on any atom is 0.306 e. The van der Waals surface area contributed by atoms with Crippen molar-refractivity contribution in [1.29, 1.82) is 0 Å². The third-order valence-corrected chi connectivity index (χ3v) is 12.1. The summed E-state index contributed by atoms with van der Waals surface area (Å²) in [5, 5.41) is 9.77. The molecule has 9 nitrogen and oxygen atoms in total. The predicted molar refractivity (Wildman–Crippen MR) is 272 cm³/mol. The zero-order valence-electron chi connectivity index (χ0n) is 35.3. The molecule has 0 bridgehead atoms. The van der Waals surface area contributed by atoms with Gasteiger partial charge in [-0.1, -0.05) is 81.6 Å². The van der Waals surface area contributed by atoms with Crippen LogP contribution in [0.1, 0.15) is 86.0 Å². The highest BCUT2D eigenvalue weighted by Gasteiger charge is 2.34. The third kappa shape index (κ3) is 15.8. The Morgan fingerprint density at radius 2 is 1.13 bits per heavy atom. The highest BCUT2D eigenvalue weighted by atomic mass is 128. The first kappa shape index (κ1) is 55.0. The molecular formula is C50H69ClI2N2O7. The number of benzene rings is 4. The molecule has 0 aromatic heterocycles. The molecule has 4 aromatic rings. The Morgan fingerprint density at radius 3 is 1.61 bits per heavy atom. The number of hydrogen-bond donors (Lipinski definition) is 1. The van der Waals surface area contributed by atoms with Crippen LogP contribution in [0.5, 0.6) is 23.0 Å². The van der Waals surface area contributed by atoms with Crippen LogP contribution in [0.3, 0.4) is 0 Å². The van der Waals surface area contributed by atoms with E-state index in [9.17, 15) is 14.7 Å². The molecule has 62 heavy (non-hydrogen) atoms. The summed E-state index contributed by atoms with van der Waals surface area (Å²) < 4.78 is 21.4. The van der Waals surface area contributed by atoms with E-state index in [4.69, 9.17) is 18.9 Å². The SMILES string of the molecule is C.C.COc1cc2c(cc1OC)C(=O)C(CC1CCN(Cc3ccccc3)CC1)C2.COc1ccc(CC(CC2CCN(Cc3ccccc3)CC2)C(=O)O)cc1OC.Cl.II. The summed E-state index contributed by atoms with van der Waals surface area (Å²) in [6.45, 7) is 6.30. The number of ether oxygens (including phenoxy) is 4. The molecular weight excluding hydrogens is 1030 g/mol. The molecule has 7 rings (SSSR count). The monoisotopic (exact) mass is 1100 g/mol. The zero-order valence-corrected chi connectivity index (χ0v) is 40.5. The van der Waals surface area contributed by atoms with E-state index >= 15 is 0 Å². The maximum absolute atomic E-state index is 12.9. The Morgan fingerprint density at radius 1 is 0.661 bits per heavy atom. The molecule has 1 aliphatic carbocycles. The van der Waals surface area contributed by atoms with Gasteiger partial charge in [-0.05, 0) is 136 Å². The standard InChI is InChI=1S/C24H31NO4.C24H29NO3.2CH4.ClH.I2/c1-28-22-9-8-20(16-23(22)29-2)15-21(24(26)27)14-18-10-12-25(13-11-18)17-19-6-4-3-5-7-19;1-27-22-14-19-13-20(24(26)21(19)15-23(22)28-2)12-17-8-10-25(11-9-17)16-18-6-4-3-5-7-18;;;;1-2/h3-9,16,18,21H,10-15,17H2,1-2H3,(H,26,27);3-7,14-15,17,20H,8-13,16H2,1-2H3;2*1H4;1H;. The van der Waals surface area contributed by atoms with Crippen LogP contribution in [0.4, 0.5) is 0 Å². The molecule has 4 aromatic carbocycles. The summed E-state index contributed by atoms with van der Waals surface area (Å²) in [6, 6.07) is 30.7. The molecule has 3 aliphatic rings. The molecule has 1 N–H and O–H groups in total. The fourth-order valence-corrected chi connectivity index (χ4v) is 8.90. The van der Waals surface area contributed by atoms with Gasteiger partial charge in [-0.3, -0.25) is 19.4 Å². The van der Waals surface area contributed by atoms with Crippen molar-refractivity contribution in [1.82, 2.24) is 9.80 Å². The second kappa shape index (κ2) is 28.6. The first-order valence-corrected chi connectivity index (χ1v) is 26.9. The van der Waals surface area contributed by atoms with E-state index in [0.29, 0.717) is 41.3 Å². The Hall–Kier alpha value is -3.11. The first-order chi connectivity index (χ1) is 28.8. The van der Waals surface area contributed by atoms with E-state index in [0.717, 1.165) is 88.1 Å². The van der Waals surface area contributed by atoms with Gasteiger partial charge in [0.1, 0.15) is 0 Å². The molecule has 0 amide bonds. The van der Waals surface area contributed by atoms with Gasteiger partial charge in [-0.2, -0.15) is 0 Å². The van der Waals surface area contributed by atoms with Gasteiger partial charge in [0.25, 0.3) is 0 Å². The second-order valence-electron chi connectivity index (χ2n) is 15.9. The Labute approximate surface area is 401 Å². The number of halogens is 3. The Balaban J connectivity index is 0.000000392. The lowest BCUT2D eigenvalue weighted by Crippen LogP contribution is -2.34. The van der Waals surface area contributed by atoms with Gasteiger partial charge in [0.15, 0.2) is 28.8 Å². The van der Waals surface area contributed by atoms with Crippen molar-refractivity contribution in [2.45, 2.75) is 79.3 Å². The highest BCUT2D eigenvalue weighted by molar-refractivity contribution is 15.0. The van der Waals surface area contributed by atoms with Crippen molar-refractivity contribution < 1.29 is 33.6 Å². The number of carboxylic acids is 1. The minimum atomic E-state index is -0.716. The number of aliphatic carboxylic acids is 1. The molecule has 342 valence electrons. The number of fused-ring (bicyclic) bond motifs is 1. The Bertz CT molecular complexity index is 1910. The Kier molecular flexibility index (Phi) is 25.4. The van der Waals surface area contributed by atoms with Crippen LogP contribution in [0, 0.1) is 23.7 Å². The van der Waals surface area contributed by atoms with Gasteiger partial charge < -0.3 is 24.1 Å². The van der Waals surface area contributed by atoms with Gasteiger partial charge in [-0.15, -0.1) is 12.4 Å². The minimum Gasteiger partial charge on any atom is -0.493 e. The van der Waals surface area contributed by atoms with Crippen LogP contribution in [0.2, 0.25) is 0 Å². The molecule has 0 saturated carbocycles. The molecule has 2 unspecified atom stereocenters. The molecule has 2 aliphatic heterocycles. The van der Waals surface area contributed by atoms with Crippen molar-refractivity contribution in [3.05, 3.63) is 119 Å². The van der Waals surface area contributed by atoms with E-state index in [2.05, 4.69) is 102 Å². The van der Waals surface area contributed by atoms with Crippen LogP contribution in [-0.2, 0) is 30.7 Å². The van der Waals surface area contributed by atoms with E-state index in [1.54, 1.807) is 28.4 Å². The fraction of sp³-hybridized carbons (Fsp3) is 0.480. The predicted octanol–water partition coefficient (Wildman–Crippen LogP) is 12.1. The summed E-state index contributed by atoms with van der Waals surface area (Å²) >= 11 is 4.24. The number of piperidine rings is 2. The number of rotatable bonds is 15. The number of likely N-dealkylation sites (tertiary alicyclic amines) is 2. The van der Waals surface area contributed by atoms with Gasteiger partial charge in [0.2, 0.25) is 0 Å². The summed E-state index contributed by atoms with van der Waals surface area (Å²) in [5.41, 5.74) is 5.61. The molecule has 2 saturated heterocycles. The molecule has 2 atom stereocenters. The van der Waals surface area contributed by atoms with Gasteiger partial charge >= 0.3 is 5.97 Å². The smallest absolute Gasteiger partial charge is 0.306 e. The highest BCUT2D eigenvalue weighted by Crippen LogP contribution is 2.40. The molecule has 0 radical (unpaired) electrons. The number of ketones is 1. The van der Waals surface area contributed by atoms with Crippen LogP contribution in [-0.4, -0.2) is 81.3 Å². The normalized spacial score (nSPS) is 16.9. The molecule has 2 fully saturated rings. The largest absolute Gasteiger partial charge is 0.493 e. The zero-order chi connectivity index (χ0) is 42.1. The van der Waals surface area contributed by atoms with E-state index < -0.39 is 5.97 Å². The van der Waals surface area contributed by atoms with Crippen molar-refractivity contribution in [2.24, 2.45) is 23.7 Å². The van der Waals surface area contributed by atoms with Crippen molar-refractivity contribution in [2.75, 3.05) is 54.6 Å². The number of carbonyl (C=O) groups excluding carboxylic acids is 1. The fourth-order valence-electron chi connectivity index (χ4n) is 8.90. The van der Waals surface area contributed by atoms with Crippen molar-refractivity contribution >= 4 is 61.4 Å². The number of carbonyl (C=O) groups is 2. The van der Waals surface area contributed by atoms with Gasteiger partial charge in [0, 0.05) is 61.8 Å². The average molecular weight is 1100 g/mol. The van der Waals surface area contributed by atoms with Crippen molar-refractivity contribution in [3.63, 3.8) is 0 Å². The first-order valence-electron chi connectivity index (χ1n) is 20.7. The number of nitrogens with zero attached hydrogens (tertiary/aromatic N) is 2. The van der Waals surface area contributed by atoms with Crippen LogP contribution in [0.25, 0.3) is 0 Å². The summed E-state index contributed by atoms with van der Waals surface area (Å²) in [4.78, 5) is 29.8. The van der Waals surface area contributed by atoms with E-state index in [-0.39, 0.29) is 44.9 Å². The molecule has 0 spiro atoms. The minimum absolute atomic E-state index is 0. The molecule has 2 heterocycles. The lowest BCUT2D eigenvalue weighted by atomic mass is 9.84. The number of hydrogen-bond acceptors (Lipinski definition) is 8. The summed E-state index contributed by atoms with van der Waals surface area (Å²) in [5.74, 6) is 3.05. The third-order valence-electron chi connectivity index (χ3n) is 12.1. The second-order valence-corrected chi connectivity index (χ2v) is 15.9. The van der Waals surface area contributed by atoms with Gasteiger partial charge in [0.05, 0.1) is 34.4 Å². The van der Waals surface area contributed by atoms with Crippen LogP contribution in [0.15, 0.2) is 91.0 Å². The van der Waals surface area contributed by atoms with Crippen molar-refractivity contribution in [3.8, 4) is 23.0 Å². The summed E-state index contributed by atoms with van der Waals surface area (Å²) in [7, 11) is 6.45. The maximum atomic E-state index is 12.9. The quantitative estimate of drug-likeness (QED) is 0.117. The average Bonchev–Trinajstić information content (AvgIpc) is 3.58.